The maximum Gasteiger partial charge on any atom is 0.408 e. The zero-order valence-electron chi connectivity index (χ0n) is 15.4. The molecular weight excluding hydrogens is 322 g/mol. The van der Waals surface area contributed by atoms with Crippen molar-refractivity contribution in [3.05, 3.63) is 0 Å². The molecule has 3 atom stereocenters. The monoisotopic (exact) mass is 351 g/mol. The maximum atomic E-state index is 11.7. The Bertz CT molecular complexity index is 599. The van der Waals surface area contributed by atoms with E-state index in [1.165, 1.54) is 0 Å². The molecule has 25 heavy (non-hydrogen) atoms. The lowest BCUT2D eigenvalue weighted by atomic mass is 9.56. The van der Waals surface area contributed by atoms with Crippen molar-refractivity contribution in [1.82, 2.24) is 15.1 Å². The largest absolute Gasteiger partial charge is 0.465 e. The molecule has 3 saturated heterocycles. The number of likely N-dealkylation sites (tertiary alicyclic amines) is 2. The number of nitrogens with zero attached hydrogens (tertiary/aromatic N) is 2. The van der Waals surface area contributed by atoms with E-state index in [2.05, 4.69) is 17.1 Å². The summed E-state index contributed by atoms with van der Waals surface area (Å²) in [6, 6.07) is 0.527. The number of carbonyl (C=O) groups is 2. The number of alkyl carbamates (subject to hydrolysis) is 1. The third kappa shape index (κ3) is 2.34. The fraction of sp³-hybridized carbons (Fsp3) is 0.889. The van der Waals surface area contributed by atoms with E-state index < -0.39 is 11.7 Å². The first kappa shape index (κ1) is 16.9. The van der Waals surface area contributed by atoms with Gasteiger partial charge in [0.15, 0.2) is 0 Å². The van der Waals surface area contributed by atoms with Gasteiger partial charge in [-0.1, -0.05) is 6.92 Å². The number of amides is 2. The number of piperidine rings is 1. The maximum absolute atomic E-state index is 11.7. The Morgan fingerprint density at radius 1 is 1.24 bits per heavy atom. The van der Waals surface area contributed by atoms with E-state index in [0.29, 0.717) is 25.0 Å². The third-order valence-corrected chi connectivity index (χ3v) is 7.73. The molecule has 0 aromatic carbocycles. The van der Waals surface area contributed by atoms with Gasteiger partial charge >= 0.3 is 12.2 Å². The Balaban J connectivity index is 1.37. The van der Waals surface area contributed by atoms with Crippen molar-refractivity contribution in [2.45, 2.75) is 63.6 Å². The van der Waals surface area contributed by atoms with Gasteiger partial charge in [0.1, 0.15) is 5.60 Å². The first-order valence-corrected chi connectivity index (χ1v) is 9.41. The van der Waals surface area contributed by atoms with Crippen LogP contribution in [0.3, 0.4) is 0 Å². The van der Waals surface area contributed by atoms with Crippen LogP contribution in [0.1, 0.15) is 46.5 Å². The van der Waals surface area contributed by atoms with Gasteiger partial charge in [-0.25, -0.2) is 9.59 Å². The molecule has 2 N–H and O–H groups in total. The Morgan fingerprint density at radius 2 is 1.92 bits per heavy atom. The van der Waals surface area contributed by atoms with Crippen LogP contribution >= 0.6 is 0 Å². The van der Waals surface area contributed by atoms with E-state index in [1.807, 2.05) is 13.8 Å². The topological polar surface area (TPSA) is 82.1 Å². The van der Waals surface area contributed by atoms with Crippen molar-refractivity contribution in [3.63, 3.8) is 0 Å². The SMILES string of the molecule is CC1C(N2CCC3(CC2)OC(=O)NC3(C)C)CC12CCN(C(=O)O)C2. The van der Waals surface area contributed by atoms with Gasteiger partial charge in [0, 0.05) is 45.1 Å². The fourth-order valence-electron chi connectivity index (χ4n) is 5.71. The molecule has 140 valence electrons. The van der Waals surface area contributed by atoms with Gasteiger partial charge in [0.05, 0.1) is 5.54 Å². The van der Waals surface area contributed by atoms with E-state index in [1.54, 1.807) is 4.90 Å². The van der Waals surface area contributed by atoms with E-state index in [0.717, 1.165) is 38.8 Å². The summed E-state index contributed by atoms with van der Waals surface area (Å²) in [5.41, 5.74) is -0.534. The van der Waals surface area contributed by atoms with Crippen LogP contribution in [0.5, 0.6) is 0 Å². The minimum absolute atomic E-state index is 0.179. The second-order valence-corrected chi connectivity index (χ2v) is 9.05. The molecule has 2 spiro atoms. The summed E-state index contributed by atoms with van der Waals surface area (Å²) in [6.45, 7) is 9.61. The first-order chi connectivity index (χ1) is 11.7. The second-order valence-electron chi connectivity index (χ2n) is 9.05. The molecule has 4 fully saturated rings. The lowest BCUT2D eigenvalue weighted by molar-refractivity contribution is -0.102. The van der Waals surface area contributed by atoms with Crippen molar-refractivity contribution in [1.29, 1.82) is 0 Å². The molecule has 4 aliphatic rings. The molecule has 2 amide bonds. The summed E-state index contributed by atoms with van der Waals surface area (Å²) in [6.07, 6.45) is 2.71. The zero-order chi connectivity index (χ0) is 18.0. The van der Waals surface area contributed by atoms with E-state index >= 15 is 0 Å². The molecule has 0 aromatic heterocycles. The highest BCUT2D eigenvalue weighted by molar-refractivity contribution is 5.72. The predicted molar refractivity (Wildman–Crippen MR) is 91.5 cm³/mol. The summed E-state index contributed by atoms with van der Waals surface area (Å²) >= 11 is 0. The number of ether oxygens (including phenoxy) is 1. The van der Waals surface area contributed by atoms with Gasteiger partial charge < -0.3 is 20.1 Å². The highest BCUT2D eigenvalue weighted by atomic mass is 16.6. The average molecular weight is 351 g/mol. The van der Waals surface area contributed by atoms with Crippen LogP contribution in [0.2, 0.25) is 0 Å². The lowest BCUT2D eigenvalue weighted by Gasteiger charge is -2.58. The zero-order valence-corrected chi connectivity index (χ0v) is 15.4. The number of carbonyl (C=O) groups excluding carboxylic acids is 1. The van der Waals surface area contributed by atoms with Gasteiger partial charge in [-0.2, -0.15) is 0 Å². The Kier molecular flexibility index (Phi) is 3.56. The molecule has 3 unspecified atom stereocenters. The second kappa shape index (κ2) is 5.25. The van der Waals surface area contributed by atoms with Crippen molar-refractivity contribution < 1.29 is 19.4 Å². The summed E-state index contributed by atoms with van der Waals surface area (Å²) in [5.74, 6) is 0.517. The summed E-state index contributed by atoms with van der Waals surface area (Å²) < 4.78 is 5.70. The molecule has 7 heteroatoms. The van der Waals surface area contributed by atoms with Gasteiger partial charge in [-0.15, -0.1) is 0 Å². The Labute approximate surface area is 148 Å². The van der Waals surface area contributed by atoms with Crippen molar-refractivity contribution in [2.24, 2.45) is 11.3 Å². The van der Waals surface area contributed by atoms with Gasteiger partial charge in [0.25, 0.3) is 0 Å². The van der Waals surface area contributed by atoms with Crippen molar-refractivity contribution in [3.8, 4) is 0 Å². The van der Waals surface area contributed by atoms with Crippen LogP contribution in [0.25, 0.3) is 0 Å². The molecule has 1 saturated carbocycles. The lowest BCUT2D eigenvalue weighted by Crippen LogP contribution is -2.64. The van der Waals surface area contributed by atoms with Crippen LogP contribution < -0.4 is 5.32 Å². The Morgan fingerprint density at radius 3 is 2.40 bits per heavy atom. The summed E-state index contributed by atoms with van der Waals surface area (Å²) in [4.78, 5) is 27.0. The molecule has 7 nitrogen and oxygen atoms in total. The molecular formula is C18H29N3O4. The third-order valence-electron chi connectivity index (χ3n) is 7.73. The highest BCUT2D eigenvalue weighted by Gasteiger charge is 2.60. The van der Waals surface area contributed by atoms with Crippen LogP contribution in [0.15, 0.2) is 0 Å². The number of nitrogens with one attached hydrogen (secondary N) is 1. The van der Waals surface area contributed by atoms with Gasteiger partial charge in [-0.3, -0.25) is 4.90 Å². The van der Waals surface area contributed by atoms with Crippen LogP contribution in [-0.2, 0) is 4.74 Å². The minimum atomic E-state index is -0.787. The standard InChI is InChI=1S/C18H29N3O4/c1-12-13(10-17(12)4-7-21(11-17)15(23)24)20-8-5-18(6-9-20)16(2,3)19-14(22)25-18/h12-13H,4-11H2,1-3H3,(H,19,22)(H,23,24). The van der Waals surface area contributed by atoms with Crippen LogP contribution in [0, 0.1) is 11.3 Å². The number of carboxylic acid groups (broad SMARTS) is 1. The van der Waals surface area contributed by atoms with E-state index in [9.17, 15) is 14.7 Å². The number of rotatable bonds is 1. The van der Waals surface area contributed by atoms with E-state index in [-0.39, 0.29) is 17.0 Å². The highest BCUT2D eigenvalue weighted by Crippen LogP contribution is 2.55. The first-order valence-electron chi connectivity index (χ1n) is 9.41. The molecule has 0 aromatic rings. The molecule has 1 aliphatic carbocycles. The quantitative estimate of drug-likeness (QED) is 0.756. The molecule has 0 radical (unpaired) electrons. The minimum Gasteiger partial charge on any atom is -0.465 e. The van der Waals surface area contributed by atoms with Crippen molar-refractivity contribution >= 4 is 12.2 Å². The van der Waals surface area contributed by atoms with E-state index in [4.69, 9.17) is 4.74 Å². The van der Waals surface area contributed by atoms with Gasteiger partial charge in [-0.05, 0) is 38.0 Å². The molecule has 4 rings (SSSR count). The smallest absolute Gasteiger partial charge is 0.408 e. The summed E-state index contributed by atoms with van der Waals surface area (Å²) in [7, 11) is 0. The number of hydrogen-bond donors (Lipinski definition) is 2. The normalized spacial score (nSPS) is 39.3. The van der Waals surface area contributed by atoms with Crippen molar-refractivity contribution in [2.75, 3.05) is 26.2 Å². The summed E-state index contributed by atoms with van der Waals surface area (Å²) in [5, 5.41) is 12.2. The fourth-order valence-corrected chi connectivity index (χ4v) is 5.71. The Hall–Kier alpha value is -1.50. The van der Waals surface area contributed by atoms with Crippen LogP contribution in [-0.4, -0.2) is 70.5 Å². The molecule has 0 bridgehead atoms. The average Bonchev–Trinajstić information content (AvgIpc) is 3.08. The predicted octanol–water partition coefficient (Wildman–Crippen LogP) is 2.12. The molecule has 3 aliphatic heterocycles. The number of hydrogen-bond acceptors (Lipinski definition) is 4. The van der Waals surface area contributed by atoms with Gasteiger partial charge in [0.2, 0.25) is 0 Å². The van der Waals surface area contributed by atoms with Crippen LogP contribution in [0.4, 0.5) is 9.59 Å². The molecule has 3 heterocycles.